The molecule has 0 fully saturated rings. The molecule has 2 heterocycles. The lowest BCUT2D eigenvalue weighted by Gasteiger charge is -2.29. The van der Waals surface area contributed by atoms with Crippen LogP contribution in [0.25, 0.3) is 11.4 Å². The van der Waals surface area contributed by atoms with Gasteiger partial charge < -0.3 is 14.5 Å². The number of nitrogens with zero attached hydrogens (tertiary/aromatic N) is 2. The van der Waals surface area contributed by atoms with E-state index in [-0.39, 0.29) is 22.7 Å². The first-order valence-corrected chi connectivity index (χ1v) is 9.96. The van der Waals surface area contributed by atoms with E-state index in [9.17, 15) is 14.4 Å². The molecular formula is C22H23N5O5. The first-order valence-electron chi connectivity index (χ1n) is 9.96. The van der Waals surface area contributed by atoms with Crippen LogP contribution in [0.3, 0.4) is 0 Å². The summed E-state index contributed by atoms with van der Waals surface area (Å²) in [6.07, 6.45) is 0.903. The Morgan fingerprint density at radius 2 is 1.88 bits per heavy atom. The fourth-order valence-corrected chi connectivity index (χ4v) is 3.80. The minimum Gasteiger partial charge on any atom is -0.497 e. The molecule has 3 N–H and O–H groups in total. The molecule has 1 amide bonds. The minimum atomic E-state index is -0.709. The predicted octanol–water partition coefficient (Wildman–Crippen LogP) is 2.58. The molecule has 0 unspecified atom stereocenters. The van der Waals surface area contributed by atoms with Gasteiger partial charge in [0.15, 0.2) is 11.6 Å². The SMILES string of the molecule is COc1ccc(-c2nc(NC(=O)c3cc4c([nH]c3=O)CC(C)(C)CC4=O)n[nH]2)c(OC)c1. The third-order valence-corrected chi connectivity index (χ3v) is 5.34. The van der Waals surface area contributed by atoms with Gasteiger partial charge >= 0.3 is 0 Å². The molecule has 1 aromatic carbocycles. The topological polar surface area (TPSA) is 139 Å². The standard InChI is InChI=1S/C22H23N5O5/c1-22(2)9-15-13(16(28)10-22)8-14(19(29)23-15)20(30)25-21-24-18(26-27-21)12-6-5-11(31-3)7-17(12)32-4/h5-8H,9-10H2,1-4H3,(H,23,29)(H2,24,25,26,27,30). The Bertz CT molecular complexity index is 1270. The largest absolute Gasteiger partial charge is 0.497 e. The van der Waals surface area contributed by atoms with Crippen LogP contribution in [0.4, 0.5) is 5.95 Å². The maximum absolute atomic E-state index is 12.7. The molecule has 1 aliphatic carbocycles. The molecule has 0 saturated carbocycles. The molecule has 2 aromatic heterocycles. The summed E-state index contributed by atoms with van der Waals surface area (Å²) < 4.78 is 10.5. The Labute approximate surface area is 183 Å². The quantitative estimate of drug-likeness (QED) is 0.557. The average molecular weight is 437 g/mol. The third kappa shape index (κ3) is 3.98. The van der Waals surface area contributed by atoms with E-state index in [1.165, 1.54) is 13.2 Å². The number of ether oxygens (including phenoxy) is 2. The molecule has 4 rings (SSSR count). The van der Waals surface area contributed by atoms with Crippen molar-refractivity contribution in [1.82, 2.24) is 20.2 Å². The molecule has 0 saturated heterocycles. The number of rotatable bonds is 5. The Hall–Kier alpha value is -3.95. The van der Waals surface area contributed by atoms with Crippen molar-refractivity contribution in [1.29, 1.82) is 0 Å². The highest BCUT2D eigenvalue weighted by Crippen LogP contribution is 2.34. The molecule has 166 valence electrons. The number of benzene rings is 1. The average Bonchev–Trinajstić information content (AvgIpc) is 3.19. The van der Waals surface area contributed by atoms with Gasteiger partial charge in [0.2, 0.25) is 5.95 Å². The van der Waals surface area contributed by atoms with Crippen LogP contribution >= 0.6 is 0 Å². The van der Waals surface area contributed by atoms with Gasteiger partial charge in [-0.25, -0.2) is 0 Å². The van der Waals surface area contributed by atoms with Gasteiger partial charge in [0.25, 0.3) is 11.5 Å². The monoisotopic (exact) mass is 437 g/mol. The number of fused-ring (bicyclic) bond motifs is 1. The summed E-state index contributed by atoms with van der Waals surface area (Å²) in [6, 6.07) is 6.52. The van der Waals surface area contributed by atoms with Crippen molar-refractivity contribution in [3.05, 3.63) is 51.4 Å². The first kappa shape index (κ1) is 21.3. The number of carbonyl (C=O) groups is 2. The van der Waals surface area contributed by atoms with Crippen LogP contribution in [-0.4, -0.2) is 46.1 Å². The second-order valence-corrected chi connectivity index (χ2v) is 8.37. The Balaban J connectivity index is 1.59. The van der Waals surface area contributed by atoms with E-state index in [1.54, 1.807) is 25.3 Å². The van der Waals surface area contributed by atoms with Crippen LogP contribution in [0.15, 0.2) is 29.1 Å². The van der Waals surface area contributed by atoms with Crippen molar-refractivity contribution < 1.29 is 19.1 Å². The molecule has 0 bridgehead atoms. The van der Waals surface area contributed by atoms with Crippen LogP contribution in [-0.2, 0) is 6.42 Å². The molecule has 0 spiro atoms. The van der Waals surface area contributed by atoms with E-state index in [1.807, 2.05) is 13.8 Å². The van der Waals surface area contributed by atoms with Crippen LogP contribution in [0, 0.1) is 5.41 Å². The van der Waals surface area contributed by atoms with Crippen molar-refractivity contribution in [2.24, 2.45) is 5.41 Å². The van der Waals surface area contributed by atoms with Gasteiger partial charge in [-0.15, -0.1) is 5.10 Å². The van der Waals surface area contributed by atoms with Gasteiger partial charge in [-0.05, 0) is 30.0 Å². The second kappa shape index (κ2) is 7.95. The Morgan fingerprint density at radius 1 is 1.09 bits per heavy atom. The smallest absolute Gasteiger partial charge is 0.263 e. The summed E-state index contributed by atoms with van der Waals surface area (Å²) in [4.78, 5) is 44.7. The number of Topliss-reactive ketones (excluding diaryl/α,β-unsaturated/α-hetero) is 1. The predicted molar refractivity (Wildman–Crippen MR) is 116 cm³/mol. The number of amides is 1. The molecule has 1 aliphatic rings. The van der Waals surface area contributed by atoms with E-state index in [2.05, 4.69) is 25.5 Å². The summed E-state index contributed by atoms with van der Waals surface area (Å²) in [5.41, 5.74) is 0.548. The summed E-state index contributed by atoms with van der Waals surface area (Å²) in [5.74, 6) is 0.644. The van der Waals surface area contributed by atoms with E-state index < -0.39 is 11.5 Å². The molecule has 10 nitrogen and oxygen atoms in total. The lowest BCUT2D eigenvalue weighted by atomic mass is 9.75. The van der Waals surface area contributed by atoms with Crippen LogP contribution in [0.1, 0.15) is 46.7 Å². The molecule has 32 heavy (non-hydrogen) atoms. The fourth-order valence-electron chi connectivity index (χ4n) is 3.80. The lowest BCUT2D eigenvalue weighted by Crippen LogP contribution is -2.33. The zero-order chi connectivity index (χ0) is 23.0. The maximum atomic E-state index is 12.7. The minimum absolute atomic E-state index is 0.0209. The highest BCUT2D eigenvalue weighted by Gasteiger charge is 2.32. The van der Waals surface area contributed by atoms with E-state index in [4.69, 9.17) is 9.47 Å². The van der Waals surface area contributed by atoms with Gasteiger partial charge in [0.05, 0.1) is 19.8 Å². The molecule has 10 heteroatoms. The number of aromatic nitrogens is 4. The van der Waals surface area contributed by atoms with Crippen molar-refractivity contribution in [2.45, 2.75) is 26.7 Å². The number of H-pyrrole nitrogens is 2. The zero-order valence-corrected chi connectivity index (χ0v) is 18.2. The molecule has 0 radical (unpaired) electrons. The van der Waals surface area contributed by atoms with Crippen molar-refractivity contribution in [3.8, 4) is 22.9 Å². The Kier molecular flexibility index (Phi) is 5.29. The van der Waals surface area contributed by atoms with Gasteiger partial charge in [-0.1, -0.05) is 13.8 Å². The second-order valence-electron chi connectivity index (χ2n) is 8.37. The number of methoxy groups -OCH3 is 2. The number of hydrogen-bond acceptors (Lipinski definition) is 7. The highest BCUT2D eigenvalue weighted by molar-refractivity contribution is 6.06. The van der Waals surface area contributed by atoms with Gasteiger partial charge in [0.1, 0.15) is 17.1 Å². The van der Waals surface area contributed by atoms with Crippen LogP contribution in [0.2, 0.25) is 0 Å². The van der Waals surface area contributed by atoms with Crippen LogP contribution in [0.5, 0.6) is 11.5 Å². The zero-order valence-electron chi connectivity index (χ0n) is 18.2. The molecule has 3 aromatic rings. The maximum Gasteiger partial charge on any atom is 0.263 e. The number of hydrogen-bond donors (Lipinski definition) is 3. The number of carbonyl (C=O) groups excluding carboxylic acids is 2. The number of ketones is 1. The number of nitrogens with one attached hydrogen (secondary N) is 3. The van der Waals surface area contributed by atoms with E-state index in [0.29, 0.717) is 47.0 Å². The van der Waals surface area contributed by atoms with Crippen molar-refractivity contribution in [2.75, 3.05) is 19.5 Å². The molecule has 0 aliphatic heterocycles. The van der Waals surface area contributed by atoms with Crippen molar-refractivity contribution >= 4 is 17.6 Å². The molecular weight excluding hydrogens is 414 g/mol. The summed E-state index contributed by atoms with van der Waals surface area (Å²) in [7, 11) is 3.06. The van der Waals surface area contributed by atoms with Gasteiger partial charge in [-0.2, -0.15) is 4.98 Å². The van der Waals surface area contributed by atoms with E-state index >= 15 is 0 Å². The summed E-state index contributed by atoms with van der Waals surface area (Å²) in [6.45, 7) is 3.93. The van der Waals surface area contributed by atoms with E-state index in [0.717, 1.165) is 0 Å². The van der Waals surface area contributed by atoms with Crippen LogP contribution < -0.4 is 20.3 Å². The number of pyridine rings is 1. The molecule has 0 atom stereocenters. The number of anilines is 1. The normalized spacial score (nSPS) is 14.6. The lowest BCUT2D eigenvalue weighted by molar-refractivity contribution is 0.0910. The van der Waals surface area contributed by atoms with Gasteiger partial charge in [-0.3, -0.25) is 24.8 Å². The summed E-state index contributed by atoms with van der Waals surface area (Å²) in [5, 5.41) is 9.23. The highest BCUT2D eigenvalue weighted by atomic mass is 16.5. The number of aromatic amines is 2. The summed E-state index contributed by atoms with van der Waals surface area (Å²) >= 11 is 0. The first-order chi connectivity index (χ1) is 15.2. The fraction of sp³-hybridized carbons (Fsp3) is 0.318. The van der Waals surface area contributed by atoms with Gasteiger partial charge in [0, 0.05) is 23.7 Å². The Morgan fingerprint density at radius 3 is 2.59 bits per heavy atom. The third-order valence-electron chi connectivity index (χ3n) is 5.34. The van der Waals surface area contributed by atoms with Crippen molar-refractivity contribution in [3.63, 3.8) is 0 Å².